The third-order valence-corrected chi connectivity index (χ3v) is 10.4. The summed E-state index contributed by atoms with van der Waals surface area (Å²) in [5.41, 5.74) is 3.27. The monoisotopic (exact) mass is 732 g/mol. The smallest absolute Gasteiger partial charge is 0.268 e. The number of aliphatic hydroxyl groups excluding tert-OH is 1. The number of carbonyl (C=O) groups is 1. The zero-order valence-corrected chi connectivity index (χ0v) is 29.7. The summed E-state index contributed by atoms with van der Waals surface area (Å²) < 4.78 is 58.8. The normalized spacial score (nSPS) is 12.4. The van der Waals surface area contributed by atoms with Crippen molar-refractivity contribution >= 4 is 37.4 Å². The number of nitrogens with zero attached hydrogens (tertiary/aromatic N) is 1. The Bertz CT molecular complexity index is 2130. The zero-order chi connectivity index (χ0) is 35.7. The average molecular weight is 733 g/mol. The summed E-state index contributed by atoms with van der Waals surface area (Å²) >= 11 is 6.15. The predicted octanol–water partition coefficient (Wildman–Crippen LogP) is 6.22. The van der Waals surface area contributed by atoms with E-state index in [1.165, 1.54) is 24.3 Å². The van der Waals surface area contributed by atoms with Crippen molar-refractivity contribution in [2.45, 2.75) is 35.5 Å². The van der Waals surface area contributed by atoms with E-state index >= 15 is 0 Å². The molecule has 0 aliphatic carbocycles. The lowest BCUT2D eigenvalue weighted by atomic mass is 10.1. The molecule has 5 aromatic rings. The molecule has 0 saturated heterocycles. The molecule has 5 rings (SSSR count). The lowest BCUT2D eigenvalue weighted by molar-refractivity contribution is 0.0977. The molecule has 50 heavy (non-hydrogen) atoms. The van der Waals surface area contributed by atoms with E-state index in [1.807, 2.05) is 71.5 Å². The number of amides is 1. The Morgan fingerprint density at radius 1 is 0.780 bits per heavy atom. The second kappa shape index (κ2) is 16.5. The van der Waals surface area contributed by atoms with Crippen LogP contribution in [-0.4, -0.2) is 52.1 Å². The SMILES string of the molecule is CS(=O)(=O)NC(=O)c1cc(S(=O)(=O)c2ccc(CCN(Cc3ccccc3)C[C@H](O)c3cccc(Cl)c3)cc2)ccc1OCc1ccccc1. The largest absolute Gasteiger partial charge is 0.488 e. The summed E-state index contributed by atoms with van der Waals surface area (Å²) in [6, 6.07) is 36.5. The lowest BCUT2D eigenvalue weighted by Crippen LogP contribution is -2.30. The quantitative estimate of drug-likeness (QED) is 0.130. The minimum Gasteiger partial charge on any atom is -0.488 e. The van der Waals surface area contributed by atoms with E-state index in [2.05, 4.69) is 4.90 Å². The van der Waals surface area contributed by atoms with Gasteiger partial charge in [0.2, 0.25) is 19.9 Å². The Hall–Kier alpha value is -4.52. The van der Waals surface area contributed by atoms with Crippen molar-refractivity contribution in [3.05, 3.63) is 160 Å². The third-order valence-electron chi connectivity index (χ3n) is 7.89. The molecule has 1 atom stereocenters. The summed E-state index contributed by atoms with van der Waals surface area (Å²) in [5, 5.41) is 11.6. The Labute approximate surface area is 298 Å². The van der Waals surface area contributed by atoms with Crippen molar-refractivity contribution in [2.75, 3.05) is 19.3 Å². The molecule has 0 heterocycles. The van der Waals surface area contributed by atoms with Crippen LogP contribution in [0.25, 0.3) is 0 Å². The van der Waals surface area contributed by atoms with Gasteiger partial charge in [-0.25, -0.2) is 21.6 Å². The van der Waals surface area contributed by atoms with Crippen molar-refractivity contribution in [3.8, 4) is 5.75 Å². The fraction of sp³-hybridized carbons (Fsp3) is 0.184. The lowest BCUT2D eigenvalue weighted by Gasteiger charge is -2.25. The van der Waals surface area contributed by atoms with Crippen LogP contribution in [0.2, 0.25) is 5.02 Å². The number of rotatable bonds is 15. The van der Waals surface area contributed by atoms with Gasteiger partial charge in [0.05, 0.1) is 27.7 Å². The van der Waals surface area contributed by atoms with Crippen LogP contribution in [-0.2, 0) is 39.4 Å². The summed E-state index contributed by atoms with van der Waals surface area (Å²) in [6.45, 7) is 1.63. The molecule has 0 radical (unpaired) electrons. The van der Waals surface area contributed by atoms with Crippen molar-refractivity contribution in [1.29, 1.82) is 0 Å². The molecule has 1 amide bonds. The summed E-state index contributed by atoms with van der Waals surface area (Å²) in [4.78, 5) is 14.9. The van der Waals surface area contributed by atoms with E-state index < -0.39 is 31.9 Å². The number of hydrogen-bond donors (Lipinski definition) is 2. The number of sulfone groups is 1. The molecule has 9 nitrogen and oxygen atoms in total. The molecule has 0 spiro atoms. The first-order chi connectivity index (χ1) is 23.9. The number of nitrogens with one attached hydrogen (secondary N) is 1. The van der Waals surface area contributed by atoms with E-state index in [9.17, 15) is 26.7 Å². The van der Waals surface area contributed by atoms with Crippen LogP contribution in [0.3, 0.4) is 0 Å². The van der Waals surface area contributed by atoms with Gasteiger partial charge in [-0.2, -0.15) is 0 Å². The molecule has 0 aliphatic rings. The maximum atomic E-state index is 13.7. The molecular weight excluding hydrogens is 696 g/mol. The molecule has 5 aromatic carbocycles. The summed E-state index contributed by atoms with van der Waals surface area (Å²) in [7, 11) is -8.04. The van der Waals surface area contributed by atoms with Gasteiger partial charge < -0.3 is 9.84 Å². The highest BCUT2D eigenvalue weighted by Gasteiger charge is 2.24. The molecule has 0 unspecified atom stereocenters. The van der Waals surface area contributed by atoms with Crippen LogP contribution < -0.4 is 9.46 Å². The maximum Gasteiger partial charge on any atom is 0.268 e. The van der Waals surface area contributed by atoms with Crippen LogP contribution in [0.5, 0.6) is 5.75 Å². The summed E-state index contributed by atoms with van der Waals surface area (Å²) in [6.07, 6.45) is 0.655. The topological polar surface area (TPSA) is 130 Å². The maximum absolute atomic E-state index is 13.7. The molecule has 0 aliphatic heterocycles. The molecule has 0 bridgehead atoms. The molecule has 0 saturated carbocycles. The first kappa shape index (κ1) is 36.8. The standard InChI is InChI=1S/C38H37ClN2O7S2/c1-49(44,45)40-38(43)35-24-34(19-20-37(35)48-27-30-11-6-3-7-12-30)50(46,47)33-17-15-28(16-18-33)21-22-41(25-29-9-4-2-5-10-29)26-36(42)31-13-8-14-32(39)23-31/h2-20,23-24,36,42H,21-22,25-27H2,1H3,(H,40,43)/t36-/m0/s1. The van der Waals surface area contributed by atoms with E-state index in [-0.39, 0.29) is 27.7 Å². The molecule has 2 N–H and O–H groups in total. The minimum atomic E-state index is -4.10. The number of hydrogen-bond acceptors (Lipinski definition) is 8. The van der Waals surface area contributed by atoms with E-state index in [0.717, 1.165) is 34.6 Å². The molecule has 0 aromatic heterocycles. The number of halogens is 1. The molecule has 12 heteroatoms. The van der Waals surface area contributed by atoms with Crippen molar-refractivity contribution in [2.24, 2.45) is 0 Å². The fourth-order valence-electron chi connectivity index (χ4n) is 5.34. The van der Waals surface area contributed by atoms with Gasteiger partial charge >= 0.3 is 0 Å². The van der Waals surface area contributed by atoms with Gasteiger partial charge in [0.1, 0.15) is 12.4 Å². The van der Waals surface area contributed by atoms with Crippen LogP contribution in [0.4, 0.5) is 0 Å². The van der Waals surface area contributed by atoms with Crippen LogP contribution in [0, 0.1) is 0 Å². The Morgan fingerprint density at radius 3 is 2.06 bits per heavy atom. The highest BCUT2D eigenvalue weighted by molar-refractivity contribution is 7.91. The van der Waals surface area contributed by atoms with E-state index in [1.54, 1.807) is 30.3 Å². The minimum absolute atomic E-state index is 0.00574. The van der Waals surface area contributed by atoms with Crippen LogP contribution >= 0.6 is 11.6 Å². The Balaban J connectivity index is 1.33. The Kier molecular flexibility index (Phi) is 12.1. The number of sulfonamides is 1. The van der Waals surface area contributed by atoms with Crippen LogP contribution in [0.15, 0.2) is 137 Å². The van der Waals surface area contributed by atoms with Crippen molar-refractivity contribution in [1.82, 2.24) is 9.62 Å². The molecule has 260 valence electrons. The summed E-state index contributed by atoms with van der Waals surface area (Å²) in [5.74, 6) is -0.978. The van der Waals surface area contributed by atoms with E-state index in [0.29, 0.717) is 31.1 Å². The highest BCUT2D eigenvalue weighted by Crippen LogP contribution is 2.28. The van der Waals surface area contributed by atoms with Crippen molar-refractivity contribution in [3.63, 3.8) is 0 Å². The fourth-order valence-corrected chi connectivity index (χ4v) is 7.27. The van der Waals surface area contributed by atoms with Gasteiger partial charge in [0.25, 0.3) is 5.91 Å². The van der Waals surface area contributed by atoms with Gasteiger partial charge in [-0.15, -0.1) is 0 Å². The van der Waals surface area contributed by atoms with Crippen LogP contribution in [0.1, 0.15) is 38.7 Å². The molecular formula is C38H37ClN2O7S2. The van der Waals surface area contributed by atoms with Crippen molar-refractivity contribution < 1.29 is 31.5 Å². The van der Waals surface area contributed by atoms with Gasteiger partial charge in [-0.05, 0) is 71.1 Å². The van der Waals surface area contributed by atoms with E-state index in [4.69, 9.17) is 16.3 Å². The average Bonchev–Trinajstić information content (AvgIpc) is 3.10. The van der Waals surface area contributed by atoms with Gasteiger partial charge in [-0.3, -0.25) is 9.69 Å². The number of ether oxygens (including phenoxy) is 1. The first-order valence-corrected chi connectivity index (χ1v) is 19.5. The zero-order valence-electron chi connectivity index (χ0n) is 27.3. The van der Waals surface area contributed by atoms with Gasteiger partial charge in [0, 0.05) is 24.7 Å². The second-order valence-electron chi connectivity index (χ2n) is 11.8. The number of aliphatic hydroxyl groups is 1. The number of carbonyl (C=O) groups excluding carboxylic acids is 1. The van der Waals surface area contributed by atoms with Gasteiger partial charge in [-0.1, -0.05) is 96.5 Å². The Morgan fingerprint density at radius 2 is 1.42 bits per heavy atom. The second-order valence-corrected chi connectivity index (χ2v) is 16.0. The highest BCUT2D eigenvalue weighted by atomic mass is 35.5. The molecule has 0 fully saturated rings. The predicted molar refractivity (Wildman–Crippen MR) is 193 cm³/mol. The third kappa shape index (κ3) is 10.3. The van der Waals surface area contributed by atoms with Gasteiger partial charge in [0.15, 0.2) is 0 Å². The number of benzene rings is 5. The first-order valence-electron chi connectivity index (χ1n) is 15.7.